The molecule has 1 aliphatic carbocycles. The predicted octanol–water partition coefficient (Wildman–Crippen LogP) is 1.43. The third-order valence-electron chi connectivity index (χ3n) is 2.56. The van der Waals surface area contributed by atoms with E-state index in [1.165, 1.54) is 0 Å². The van der Waals surface area contributed by atoms with Crippen molar-refractivity contribution in [2.24, 2.45) is 5.92 Å². The van der Waals surface area contributed by atoms with Gasteiger partial charge in [-0.1, -0.05) is 12.7 Å². The van der Waals surface area contributed by atoms with Crippen molar-refractivity contribution >= 4 is 5.97 Å². The molecular weight excluding hydrogens is 180 g/mol. The summed E-state index contributed by atoms with van der Waals surface area (Å²) >= 11 is 0. The molecule has 0 amide bonds. The maximum atomic E-state index is 10.9. The zero-order chi connectivity index (χ0) is 10.6. The quantitative estimate of drug-likeness (QED) is 0.422. The van der Waals surface area contributed by atoms with Gasteiger partial charge in [0.2, 0.25) is 0 Å². The molecule has 3 nitrogen and oxygen atoms in total. The number of rotatable bonds is 3. The summed E-state index contributed by atoms with van der Waals surface area (Å²) < 4.78 is 5.00. The molecule has 0 spiro atoms. The largest absolute Gasteiger partial charge is 0.456 e. The molecule has 0 aromatic heterocycles. The van der Waals surface area contributed by atoms with Crippen molar-refractivity contribution in [3.8, 4) is 0 Å². The molecule has 0 radical (unpaired) electrons. The molecule has 3 unspecified atom stereocenters. The van der Waals surface area contributed by atoms with Crippen LogP contribution in [0.4, 0.5) is 0 Å². The minimum atomic E-state index is -0.573. The summed E-state index contributed by atoms with van der Waals surface area (Å²) in [5.74, 6) is -0.130. The average Bonchev–Trinajstić information content (AvgIpc) is 2.20. The first-order chi connectivity index (χ1) is 6.67. The van der Waals surface area contributed by atoms with Crippen LogP contribution in [0.1, 0.15) is 19.3 Å². The number of ether oxygens (including phenoxy) is 1. The van der Waals surface area contributed by atoms with Crippen LogP contribution >= 0.6 is 0 Å². The van der Waals surface area contributed by atoms with Crippen LogP contribution in [-0.4, -0.2) is 23.3 Å². The molecule has 0 aromatic rings. The average molecular weight is 196 g/mol. The van der Waals surface area contributed by atoms with Crippen LogP contribution in [0, 0.1) is 5.92 Å². The van der Waals surface area contributed by atoms with E-state index in [-0.39, 0.29) is 6.10 Å². The van der Waals surface area contributed by atoms with E-state index in [9.17, 15) is 9.90 Å². The monoisotopic (exact) mass is 196 g/mol. The third kappa shape index (κ3) is 2.70. The summed E-state index contributed by atoms with van der Waals surface area (Å²) in [6.45, 7) is 7.00. The van der Waals surface area contributed by atoms with Gasteiger partial charge in [-0.25, -0.2) is 4.79 Å². The van der Waals surface area contributed by atoms with E-state index in [1.54, 1.807) is 0 Å². The molecule has 1 rings (SSSR count). The second-order valence-electron chi connectivity index (χ2n) is 3.56. The molecule has 0 aliphatic heterocycles. The summed E-state index contributed by atoms with van der Waals surface area (Å²) in [7, 11) is 0. The maximum Gasteiger partial charge on any atom is 0.330 e. The smallest absolute Gasteiger partial charge is 0.330 e. The van der Waals surface area contributed by atoms with Crippen molar-refractivity contribution in [3.05, 3.63) is 25.3 Å². The number of aliphatic hydroxyl groups excluding tert-OH is 1. The lowest BCUT2D eigenvalue weighted by Crippen LogP contribution is -2.36. The van der Waals surface area contributed by atoms with Crippen molar-refractivity contribution in [1.29, 1.82) is 0 Å². The van der Waals surface area contributed by atoms with Gasteiger partial charge in [0.25, 0.3) is 0 Å². The number of carbonyl (C=O) groups excluding carboxylic acids is 1. The second kappa shape index (κ2) is 4.96. The fraction of sp³-hybridized carbons (Fsp3) is 0.545. The minimum absolute atomic E-state index is 0.337. The van der Waals surface area contributed by atoms with Crippen LogP contribution in [0.25, 0.3) is 0 Å². The van der Waals surface area contributed by atoms with Crippen LogP contribution in [0.5, 0.6) is 0 Å². The maximum absolute atomic E-state index is 10.9. The molecule has 0 bridgehead atoms. The molecule has 3 atom stereocenters. The van der Waals surface area contributed by atoms with Crippen molar-refractivity contribution in [1.82, 2.24) is 0 Å². The van der Waals surface area contributed by atoms with Crippen molar-refractivity contribution in [3.63, 3.8) is 0 Å². The van der Waals surface area contributed by atoms with Gasteiger partial charge in [-0.2, -0.15) is 0 Å². The number of hydrogen-bond donors (Lipinski definition) is 1. The molecule has 1 saturated carbocycles. The number of carbonyl (C=O) groups is 1. The van der Waals surface area contributed by atoms with E-state index >= 15 is 0 Å². The highest BCUT2D eigenvalue weighted by Gasteiger charge is 2.29. The van der Waals surface area contributed by atoms with Crippen LogP contribution in [0.2, 0.25) is 0 Å². The van der Waals surface area contributed by atoms with Crippen molar-refractivity contribution < 1.29 is 14.6 Å². The van der Waals surface area contributed by atoms with Crippen LogP contribution < -0.4 is 0 Å². The molecule has 0 saturated heterocycles. The lowest BCUT2D eigenvalue weighted by molar-refractivity contribution is -0.152. The van der Waals surface area contributed by atoms with Crippen LogP contribution in [-0.2, 0) is 9.53 Å². The Bertz CT molecular complexity index is 235. The zero-order valence-corrected chi connectivity index (χ0v) is 8.19. The SMILES string of the molecule is C=CC(=O)OC1CCC(C=C)CC1O. The zero-order valence-electron chi connectivity index (χ0n) is 8.19. The fourth-order valence-electron chi connectivity index (χ4n) is 1.70. The van der Waals surface area contributed by atoms with Crippen LogP contribution in [0.15, 0.2) is 25.3 Å². The molecule has 1 fully saturated rings. The number of aliphatic hydroxyl groups is 1. The molecule has 3 heteroatoms. The van der Waals surface area contributed by atoms with Gasteiger partial charge in [0.15, 0.2) is 0 Å². The lowest BCUT2D eigenvalue weighted by Gasteiger charge is -2.30. The first-order valence-electron chi connectivity index (χ1n) is 4.81. The molecular formula is C11H16O3. The Kier molecular flexibility index (Phi) is 3.89. The first kappa shape index (κ1) is 11.0. The van der Waals surface area contributed by atoms with E-state index < -0.39 is 12.1 Å². The Morgan fingerprint density at radius 1 is 1.43 bits per heavy atom. The summed E-state index contributed by atoms with van der Waals surface area (Å²) in [5.41, 5.74) is 0. The molecule has 1 N–H and O–H groups in total. The minimum Gasteiger partial charge on any atom is -0.456 e. The van der Waals surface area contributed by atoms with Gasteiger partial charge in [0.05, 0.1) is 6.10 Å². The Morgan fingerprint density at radius 2 is 2.14 bits per heavy atom. The van der Waals surface area contributed by atoms with Gasteiger partial charge in [0, 0.05) is 6.08 Å². The standard InChI is InChI=1S/C11H16O3/c1-3-8-5-6-10(9(12)7-8)14-11(13)4-2/h3-4,8-10,12H,1-2,5-7H2. The lowest BCUT2D eigenvalue weighted by atomic mass is 9.85. The third-order valence-corrected chi connectivity index (χ3v) is 2.56. The molecule has 1 aliphatic rings. The highest BCUT2D eigenvalue weighted by atomic mass is 16.6. The normalized spacial score (nSPS) is 31.9. The van der Waals surface area contributed by atoms with Gasteiger partial charge in [-0.05, 0) is 25.2 Å². The Hall–Kier alpha value is -1.09. The fourth-order valence-corrected chi connectivity index (χ4v) is 1.70. The molecule has 0 heterocycles. The highest BCUT2D eigenvalue weighted by molar-refractivity contribution is 5.81. The van der Waals surface area contributed by atoms with E-state index in [0.29, 0.717) is 18.8 Å². The summed E-state index contributed by atoms with van der Waals surface area (Å²) in [6.07, 6.45) is 4.24. The molecule has 14 heavy (non-hydrogen) atoms. The first-order valence-corrected chi connectivity index (χ1v) is 4.81. The highest BCUT2D eigenvalue weighted by Crippen LogP contribution is 2.27. The van der Waals surface area contributed by atoms with E-state index in [4.69, 9.17) is 4.74 Å². The summed E-state index contributed by atoms with van der Waals surface area (Å²) in [5, 5.41) is 9.66. The second-order valence-corrected chi connectivity index (χ2v) is 3.56. The predicted molar refractivity (Wildman–Crippen MR) is 53.6 cm³/mol. The van der Waals surface area contributed by atoms with Gasteiger partial charge in [-0.15, -0.1) is 6.58 Å². The topological polar surface area (TPSA) is 46.5 Å². The number of hydrogen-bond acceptors (Lipinski definition) is 3. The number of esters is 1. The van der Waals surface area contributed by atoms with E-state index in [0.717, 1.165) is 12.5 Å². The Morgan fingerprint density at radius 3 is 2.64 bits per heavy atom. The molecule has 78 valence electrons. The van der Waals surface area contributed by atoms with Gasteiger partial charge in [0.1, 0.15) is 6.10 Å². The van der Waals surface area contributed by atoms with Gasteiger partial charge < -0.3 is 9.84 Å². The van der Waals surface area contributed by atoms with Crippen molar-refractivity contribution in [2.75, 3.05) is 0 Å². The van der Waals surface area contributed by atoms with E-state index in [1.807, 2.05) is 6.08 Å². The number of allylic oxidation sites excluding steroid dienone is 1. The van der Waals surface area contributed by atoms with Gasteiger partial charge >= 0.3 is 5.97 Å². The van der Waals surface area contributed by atoms with Gasteiger partial charge in [-0.3, -0.25) is 0 Å². The van der Waals surface area contributed by atoms with E-state index in [2.05, 4.69) is 13.2 Å². The van der Waals surface area contributed by atoms with Crippen LogP contribution in [0.3, 0.4) is 0 Å². The summed E-state index contributed by atoms with van der Waals surface area (Å²) in [4.78, 5) is 10.9. The molecule has 0 aromatic carbocycles. The van der Waals surface area contributed by atoms with Crippen molar-refractivity contribution in [2.45, 2.75) is 31.5 Å². The Labute approximate surface area is 84.1 Å². The Balaban J connectivity index is 2.45. The summed E-state index contributed by atoms with van der Waals surface area (Å²) in [6, 6.07) is 0.